The van der Waals surface area contributed by atoms with E-state index >= 15 is 0 Å². The van der Waals surface area contributed by atoms with Crippen molar-refractivity contribution in [3.8, 4) is 5.75 Å². The largest absolute Gasteiger partial charge is 0.497 e. The van der Waals surface area contributed by atoms with Crippen LogP contribution in [0.3, 0.4) is 0 Å². The third-order valence-corrected chi connectivity index (χ3v) is 6.70. The van der Waals surface area contributed by atoms with E-state index in [2.05, 4.69) is 10.3 Å². The fourth-order valence-corrected chi connectivity index (χ4v) is 4.54. The fraction of sp³-hybridized carbons (Fsp3) is 0.500. The summed E-state index contributed by atoms with van der Waals surface area (Å²) in [5.74, 6) is 0.344. The minimum Gasteiger partial charge on any atom is -0.497 e. The molecule has 2 aromatic rings. The number of aromatic nitrogens is 1. The number of nitrogens with zero attached hydrogens (tertiary/aromatic N) is 1. The summed E-state index contributed by atoms with van der Waals surface area (Å²) < 4.78 is 10.3. The molecule has 1 fully saturated rings. The van der Waals surface area contributed by atoms with Gasteiger partial charge in [0.1, 0.15) is 11.4 Å². The predicted octanol–water partition coefficient (Wildman–Crippen LogP) is 3.62. The maximum absolute atomic E-state index is 13.1. The molecular weight excluding hydrogens is 434 g/mol. The molecule has 0 spiro atoms. The van der Waals surface area contributed by atoms with E-state index in [1.54, 1.807) is 32.8 Å². The highest BCUT2D eigenvalue weighted by Crippen LogP contribution is 2.27. The summed E-state index contributed by atoms with van der Waals surface area (Å²) in [7, 11) is 1.62. The Morgan fingerprint density at radius 1 is 1.15 bits per heavy atom. The number of ether oxygens (including phenoxy) is 2. The highest BCUT2D eigenvalue weighted by Gasteiger charge is 2.32. The van der Waals surface area contributed by atoms with Crippen LogP contribution in [0.4, 0.5) is 0 Å². The quantitative estimate of drug-likeness (QED) is 0.575. The third-order valence-electron chi connectivity index (χ3n) is 6.70. The number of H-pyrrole nitrogens is 1. The van der Waals surface area contributed by atoms with Crippen LogP contribution in [-0.4, -0.2) is 54.5 Å². The summed E-state index contributed by atoms with van der Waals surface area (Å²) in [5.41, 5.74) is 3.14. The number of nitrogens with one attached hydrogen (secondary N) is 2. The first kappa shape index (κ1) is 25.3. The number of hydrogen-bond acceptors (Lipinski definition) is 5. The second-order valence-corrected chi connectivity index (χ2v) is 8.83. The van der Waals surface area contributed by atoms with Crippen molar-refractivity contribution in [3.63, 3.8) is 0 Å². The van der Waals surface area contributed by atoms with Gasteiger partial charge in [0.25, 0.3) is 5.91 Å². The van der Waals surface area contributed by atoms with Crippen molar-refractivity contribution in [1.82, 2.24) is 15.2 Å². The van der Waals surface area contributed by atoms with Gasteiger partial charge in [0, 0.05) is 31.2 Å². The minimum atomic E-state index is -0.416. The van der Waals surface area contributed by atoms with E-state index in [9.17, 15) is 14.4 Å². The maximum Gasteiger partial charge on any atom is 0.340 e. The topological polar surface area (TPSA) is 101 Å². The van der Waals surface area contributed by atoms with Gasteiger partial charge in [0.05, 0.1) is 19.3 Å². The molecule has 1 aromatic heterocycles. The Bertz CT molecular complexity index is 1020. The van der Waals surface area contributed by atoms with E-state index < -0.39 is 5.97 Å². The SMILES string of the molecule is CCOC(=O)c1c(C)[nH]c(C(=O)N2CCC([C@H](C)C(=O)NCc3ccc(OC)cc3)CC2)c1C. The Kier molecular flexibility index (Phi) is 8.36. The number of hydrogen-bond donors (Lipinski definition) is 2. The molecule has 2 heterocycles. The van der Waals surface area contributed by atoms with Crippen LogP contribution in [-0.2, 0) is 16.1 Å². The molecule has 8 heteroatoms. The standard InChI is InChI=1S/C26H35N3O5/c1-6-34-26(32)22-17(3)23(28-18(22)4)25(31)29-13-11-20(12-14-29)16(2)24(30)27-15-19-7-9-21(33-5)10-8-19/h7-10,16,20,28H,6,11-15H2,1-5H3,(H,27,30)/t16-/m0/s1. The number of likely N-dealkylation sites (tertiary alicyclic amines) is 1. The number of benzene rings is 1. The summed E-state index contributed by atoms with van der Waals surface area (Å²) in [6.07, 6.45) is 1.51. The van der Waals surface area contributed by atoms with Crippen LogP contribution in [0.2, 0.25) is 0 Å². The number of amides is 2. The van der Waals surface area contributed by atoms with Crippen LogP contribution in [0.15, 0.2) is 24.3 Å². The van der Waals surface area contributed by atoms with Gasteiger partial charge in [-0.15, -0.1) is 0 Å². The lowest BCUT2D eigenvalue weighted by Gasteiger charge is -2.34. The number of piperidine rings is 1. The normalized spacial score (nSPS) is 15.0. The van der Waals surface area contributed by atoms with Gasteiger partial charge in [-0.25, -0.2) is 4.79 Å². The molecule has 34 heavy (non-hydrogen) atoms. The number of carbonyl (C=O) groups excluding carboxylic acids is 3. The lowest BCUT2D eigenvalue weighted by molar-refractivity contribution is -0.126. The Hall–Kier alpha value is -3.29. The van der Waals surface area contributed by atoms with E-state index in [0.29, 0.717) is 42.1 Å². The maximum atomic E-state index is 13.1. The number of rotatable bonds is 8. The molecule has 0 radical (unpaired) electrons. The van der Waals surface area contributed by atoms with E-state index in [-0.39, 0.29) is 30.3 Å². The van der Waals surface area contributed by atoms with Crippen molar-refractivity contribution in [1.29, 1.82) is 0 Å². The molecule has 1 aliphatic heterocycles. The Balaban J connectivity index is 1.54. The first-order valence-electron chi connectivity index (χ1n) is 11.8. The monoisotopic (exact) mass is 469 g/mol. The summed E-state index contributed by atoms with van der Waals surface area (Å²) in [5, 5.41) is 3.02. The molecule has 0 aliphatic carbocycles. The fourth-order valence-electron chi connectivity index (χ4n) is 4.54. The second-order valence-electron chi connectivity index (χ2n) is 8.83. The minimum absolute atomic E-state index is 0.0236. The van der Waals surface area contributed by atoms with Gasteiger partial charge in [0.15, 0.2) is 0 Å². The Morgan fingerprint density at radius 2 is 1.79 bits per heavy atom. The molecule has 8 nitrogen and oxygen atoms in total. The van der Waals surface area contributed by atoms with Crippen molar-refractivity contribution in [2.75, 3.05) is 26.8 Å². The summed E-state index contributed by atoms with van der Waals surface area (Å²) in [4.78, 5) is 43.0. The van der Waals surface area contributed by atoms with Crippen molar-refractivity contribution >= 4 is 17.8 Å². The molecule has 2 N–H and O–H groups in total. The van der Waals surface area contributed by atoms with Gasteiger partial charge >= 0.3 is 5.97 Å². The van der Waals surface area contributed by atoms with Crippen molar-refractivity contribution < 1.29 is 23.9 Å². The molecule has 1 atom stereocenters. The van der Waals surface area contributed by atoms with Crippen molar-refractivity contribution in [2.24, 2.45) is 11.8 Å². The van der Waals surface area contributed by atoms with Crippen LogP contribution in [0.1, 0.15) is 64.4 Å². The zero-order valence-electron chi connectivity index (χ0n) is 20.7. The van der Waals surface area contributed by atoms with E-state index in [4.69, 9.17) is 9.47 Å². The molecule has 0 bridgehead atoms. The third kappa shape index (κ3) is 5.61. The molecule has 0 saturated carbocycles. The first-order valence-corrected chi connectivity index (χ1v) is 11.8. The number of aryl methyl sites for hydroxylation is 1. The smallest absolute Gasteiger partial charge is 0.340 e. The highest BCUT2D eigenvalue weighted by atomic mass is 16.5. The van der Waals surface area contributed by atoms with Crippen molar-refractivity contribution in [3.05, 3.63) is 52.3 Å². The molecule has 2 amide bonds. The Morgan fingerprint density at radius 3 is 2.38 bits per heavy atom. The average Bonchev–Trinajstić information content (AvgIpc) is 3.15. The van der Waals surface area contributed by atoms with Crippen LogP contribution < -0.4 is 10.1 Å². The van der Waals surface area contributed by atoms with Gasteiger partial charge in [-0.1, -0.05) is 19.1 Å². The predicted molar refractivity (Wildman–Crippen MR) is 129 cm³/mol. The lowest BCUT2D eigenvalue weighted by atomic mass is 9.84. The summed E-state index contributed by atoms with van der Waals surface area (Å²) in [6.45, 7) is 9.16. The zero-order chi connectivity index (χ0) is 24.8. The zero-order valence-corrected chi connectivity index (χ0v) is 20.7. The van der Waals surface area contributed by atoms with Crippen LogP contribution in [0, 0.1) is 25.7 Å². The van der Waals surface area contributed by atoms with Gasteiger partial charge < -0.3 is 24.7 Å². The molecule has 1 aliphatic rings. The number of esters is 1. The molecule has 0 unspecified atom stereocenters. The van der Waals surface area contributed by atoms with E-state index in [1.165, 1.54) is 0 Å². The highest BCUT2D eigenvalue weighted by molar-refractivity contribution is 6.00. The second kappa shape index (κ2) is 11.2. The molecule has 3 rings (SSSR count). The van der Waals surface area contributed by atoms with Gasteiger partial charge in [-0.2, -0.15) is 0 Å². The number of methoxy groups -OCH3 is 1. The van der Waals surface area contributed by atoms with E-state index in [1.807, 2.05) is 31.2 Å². The van der Waals surface area contributed by atoms with Gasteiger partial charge in [-0.05, 0) is 62.8 Å². The summed E-state index contributed by atoms with van der Waals surface area (Å²) in [6, 6.07) is 7.62. The van der Waals surface area contributed by atoms with Gasteiger partial charge in [0.2, 0.25) is 5.91 Å². The lowest BCUT2D eigenvalue weighted by Crippen LogP contribution is -2.42. The summed E-state index contributed by atoms with van der Waals surface area (Å²) >= 11 is 0. The number of carbonyl (C=O) groups is 3. The van der Waals surface area contributed by atoms with Crippen molar-refractivity contribution in [2.45, 2.75) is 47.1 Å². The van der Waals surface area contributed by atoms with Crippen LogP contribution in [0.25, 0.3) is 0 Å². The Labute approximate surface area is 201 Å². The average molecular weight is 470 g/mol. The van der Waals surface area contributed by atoms with E-state index in [0.717, 1.165) is 24.2 Å². The van der Waals surface area contributed by atoms with Gasteiger partial charge in [-0.3, -0.25) is 9.59 Å². The molecule has 1 saturated heterocycles. The van der Waals surface area contributed by atoms with Crippen LogP contribution >= 0.6 is 0 Å². The van der Waals surface area contributed by atoms with Crippen LogP contribution in [0.5, 0.6) is 5.75 Å². The molecular formula is C26H35N3O5. The first-order chi connectivity index (χ1) is 16.3. The molecule has 1 aromatic carbocycles. The number of aromatic amines is 1. The molecule has 184 valence electrons.